The van der Waals surface area contributed by atoms with Crippen LogP contribution in [0.15, 0.2) is 30.5 Å². The largest absolute Gasteiger partial charge is 0.497 e. The van der Waals surface area contributed by atoms with E-state index in [1.54, 1.807) is 13.3 Å². The molecule has 2 aromatic rings. The average molecular weight is 233 g/mol. The van der Waals surface area contributed by atoms with Crippen molar-refractivity contribution in [1.29, 1.82) is 0 Å². The molecule has 0 saturated heterocycles. The normalized spacial score (nSPS) is 10.5. The molecule has 0 aliphatic heterocycles. The summed E-state index contributed by atoms with van der Waals surface area (Å²) < 4.78 is 10.7. The highest BCUT2D eigenvalue weighted by Gasteiger charge is 2.04. The number of pyridine rings is 1. The number of rotatable bonds is 5. The van der Waals surface area contributed by atoms with Crippen molar-refractivity contribution >= 4 is 10.9 Å². The van der Waals surface area contributed by atoms with E-state index >= 15 is 0 Å². The van der Waals surface area contributed by atoms with Gasteiger partial charge in [-0.2, -0.15) is 0 Å². The van der Waals surface area contributed by atoms with E-state index in [2.05, 4.69) is 4.98 Å². The molecule has 0 bridgehead atoms. The summed E-state index contributed by atoms with van der Waals surface area (Å²) in [6.07, 6.45) is 2.33. The standard InChI is InChI=1S/C13H15NO3/c1-16-10-3-4-11-12(9-10)14-6-5-13(11)17-8-2-7-15/h3-6,9,15H,2,7-8H2,1H3. The molecule has 0 aliphatic rings. The molecule has 0 unspecified atom stereocenters. The first kappa shape index (κ1) is 11.7. The Labute approximate surface area is 99.8 Å². The summed E-state index contributed by atoms with van der Waals surface area (Å²) in [5.41, 5.74) is 0.839. The van der Waals surface area contributed by atoms with E-state index in [9.17, 15) is 0 Å². The van der Waals surface area contributed by atoms with Crippen LogP contribution in [0.1, 0.15) is 6.42 Å². The van der Waals surface area contributed by atoms with Gasteiger partial charge in [-0.1, -0.05) is 0 Å². The first-order chi connectivity index (χ1) is 8.35. The molecule has 0 amide bonds. The van der Waals surface area contributed by atoms with Gasteiger partial charge in [0.05, 0.1) is 19.2 Å². The first-order valence-corrected chi connectivity index (χ1v) is 5.51. The molecule has 0 aliphatic carbocycles. The molecule has 1 N–H and O–H groups in total. The van der Waals surface area contributed by atoms with Gasteiger partial charge in [-0.15, -0.1) is 0 Å². The van der Waals surface area contributed by atoms with Gasteiger partial charge < -0.3 is 14.6 Å². The molecule has 4 heteroatoms. The Bertz CT molecular complexity index is 499. The fourth-order valence-electron chi connectivity index (χ4n) is 1.60. The van der Waals surface area contributed by atoms with Crippen molar-refractivity contribution in [3.05, 3.63) is 30.5 Å². The van der Waals surface area contributed by atoms with Gasteiger partial charge in [0, 0.05) is 30.7 Å². The van der Waals surface area contributed by atoms with Crippen LogP contribution in [0.2, 0.25) is 0 Å². The van der Waals surface area contributed by atoms with Gasteiger partial charge >= 0.3 is 0 Å². The maximum absolute atomic E-state index is 8.72. The van der Waals surface area contributed by atoms with E-state index in [0.717, 1.165) is 22.4 Å². The summed E-state index contributed by atoms with van der Waals surface area (Å²) in [4.78, 5) is 4.27. The molecular formula is C13H15NO3. The van der Waals surface area contributed by atoms with Crippen molar-refractivity contribution in [3.8, 4) is 11.5 Å². The van der Waals surface area contributed by atoms with Gasteiger partial charge in [0.25, 0.3) is 0 Å². The minimum absolute atomic E-state index is 0.136. The lowest BCUT2D eigenvalue weighted by Crippen LogP contribution is -2.00. The molecule has 1 heterocycles. The predicted octanol–water partition coefficient (Wildman–Crippen LogP) is 2.00. The number of fused-ring (bicyclic) bond motifs is 1. The van der Waals surface area contributed by atoms with Crippen LogP contribution in [0.4, 0.5) is 0 Å². The van der Waals surface area contributed by atoms with Gasteiger partial charge in [0.1, 0.15) is 11.5 Å². The minimum atomic E-state index is 0.136. The molecule has 17 heavy (non-hydrogen) atoms. The SMILES string of the molecule is COc1ccc2c(OCCCO)ccnc2c1. The highest BCUT2D eigenvalue weighted by atomic mass is 16.5. The summed E-state index contributed by atoms with van der Waals surface area (Å²) in [5.74, 6) is 1.56. The summed E-state index contributed by atoms with van der Waals surface area (Å²) in [5, 5.41) is 9.67. The average Bonchev–Trinajstić information content (AvgIpc) is 2.38. The third-order valence-electron chi connectivity index (χ3n) is 2.47. The van der Waals surface area contributed by atoms with Gasteiger partial charge in [-0.3, -0.25) is 4.98 Å². The second-order valence-corrected chi connectivity index (χ2v) is 3.62. The number of hydrogen-bond acceptors (Lipinski definition) is 4. The number of aliphatic hydroxyl groups excluding tert-OH is 1. The Morgan fingerprint density at radius 2 is 2.18 bits per heavy atom. The van der Waals surface area contributed by atoms with E-state index in [1.807, 2.05) is 24.3 Å². The molecule has 2 rings (SSSR count). The smallest absolute Gasteiger partial charge is 0.130 e. The second kappa shape index (κ2) is 5.50. The predicted molar refractivity (Wildman–Crippen MR) is 65.5 cm³/mol. The lowest BCUT2D eigenvalue weighted by molar-refractivity contribution is 0.235. The van der Waals surface area contributed by atoms with Crippen molar-refractivity contribution in [1.82, 2.24) is 4.98 Å². The molecule has 1 aromatic heterocycles. The van der Waals surface area contributed by atoms with E-state index in [1.165, 1.54) is 0 Å². The summed E-state index contributed by atoms with van der Waals surface area (Å²) >= 11 is 0. The van der Waals surface area contributed by atoms with Crippen LogP contribution in [0.3, 0.4) is 0 Å². The van der Waals surface area contributed by atoms with Crippen molar-refractivity contribution in [3.63, 3.8) is 0 Å². The Kier molecular flexibility index (Phi) is 3.77. The number of aliphatic hydroxyl groups is 1. The van der Waals surface area contributed by atoms with Gasteiger partial charge in [-0.05, 0) is 18.2 Å². The quantitative estimate of drug-likeness (QED) is 0.802. The number of benzene rings is 1. The van der Waals surface area contributed by atoms with Crippen LogP contribution in [-0.2, 0) is 0 Å². The maximum Gasteiger partial charge on any atom is 0.130 e. The highest BCUT2D eigenvalue weighted by molar-refractivity contribution is 5.85. The molecular weight excluding hydrogens is 218 g/mol. The van der Waals surface area contributed by atoms with Crippen molar-refractivity contribution < 1.29 is 14.6 Å². The van der Waals surface area contributed by atoms with Crippen LogP contribution in [0, 0.1) is 0 Å². The fourth-order valence-corrected chi connectivity index (χ4v) is 1.60. The molecule has 0 saturated carbocycles. The number of aromatic nitrogens is 1. The van der Waals surface area contributed by atoms with E-state index in [-0.39, 0.29) is 6.61 Å². The molecule has 90 valence electrons. The van der Waals surface area contributed by atoms with Crippen LogP contribution in [0.5, 0.6) is 11.5 Å². The Morgan fingerprint density at radius 3 is 2.94 bits per heavy atom. The van der Waals surface area contributed by atoms with Gasteiger partial charge in [-0.25, -0.2) is 0 Å². The summed E-state index contributed by atoms with van der Waals surface area (Å²) in [7, 11) is 1.63. The molecule has 4 nitrogen and oxygen atoms in total. The Hall–Kier alpha value is -1.81. The highest BCUT2D eigenvalue weighted by Crippen LogP contribution is 2.26. The molecule has 1 aromatic carbocycles. The maximum atomic E-state index is 8.72. The first-order valence-electron chi connectivity index (χ1n) is 5.51. The lowest BCUT2D eigenvalue weighted by atomic mass is 10.2. The van der Waals surface area contributed by atoms with Crippen LogP contribution in [-0.4, -0.2) is 30.4 Å². The zero-order valence-corrected chi connectivity index (χ0v) is 9.72. The van der Waals surface area contributed by atoms with Crippen LogP contribution >= 0.6 is 0 Å². The molecule has 0 spiro atoms. The second-order valence-electron chi connectivity index (χ2n) is 3.62. The topological polar surface area (TPSA) is 51.6 Å². The monoisotopic (exact) mass is 233 g/mol. The fraction of sp³-hybridized carbons (Fsp3) is 0.308. The third kappa shape index (κ3) is 2.65. The van der Waals surface area contributed by atoms with Crippen molar-refractivity contribution in [2.24, 2.45) is 0 Å². The number of hydrogen-bond donors (Lipinski definition) is 1. The zero-order valence-electron chi connectivity index (χ0n) is 9.72. The summed E-state index contributed by atoms with van der Waals surface area (Å²) in [6.45, 7) is 0.637. The van der Waals surface area contributed by atoms with Gasteiger partial charge in [0.15, 0.2) is 0 Å². The van der Waals surface area contributed by atoms with Gasteiger partial charge in [0.2, 0.25) is 0 Å². The van der Waals surface area contributed by atoms with Crippen molar-refractivity contribution in [2.75, 3.05) is 20.3 Å². The Morgan fingerprint density at radius 1 is 1.29 bits per heavy atom. The molecule has 0 fully saturated rings. The molecule has 0 atom stereocenters. The summed E-state index contributed by atoms with van der Waals surface area (Å²) in [6, 6.07) is 7.50. The number of methoxy groups -OCH3 is 1. The number of ether oxygens (including phenoxy) is 2. The molecule has 0 radical (unpaired) electrons. The van der Waals surface area contributed by atoms with E-state index in [4.69, 9.17) is 14.6 Å². The third-order valence-corrected chi connectivity index (χ3v) is 2.47. The Balaban J connectivity index is 2.30. The van der Waals surface area contributed by atoms with E-state index < -0.39 is 0 Å². The van der Waals surface area contributed by atoms with Crippen molar-refractivity contribution in [2.45, 2.75) is 6.42 Å². The number of nitrogens with zero attached hydrogens (tertiary/aromatic N) is 1. The van der Waals surface area contributed by atoms with E-state index in [0.29, 0.717) is 13.0 Å². The zero-order chi connectivity index (χ0) is 12.1. The van der Waals surface area contributed by atoms with Crippen LogP contribution in [0.25, 0.3) is 10.9 Å². The lowest BCUT2D eigenvalue weighted by Gasteiger charge is -2.08. The van der Waals surface area contributed by atoms with Crippen LogP contribution < -0.4 is 9.47 Å². The minimum Gasteiger partial charge on any atom is -0.497 e.